The van der Waals surface area contributed by atoms with Gasteiger partial charge >= 0.3 is 0 Å². The zero-order chi connectivity index (χ0) is 23.7. The normalized spacial score (nSPS) is 23.2. The van der Waals surface area contributed by atoms with E-state index in [-0.39, 0.29) is 28.3 Å². The molecule has 2 rings (SSSR count). The van der Waals surface area contributed by atoms with Gasteiger partial charge in [-0.1, -0.05) is 66.3 Å². The molecule has 0 bridgehead atoms. The summed E-state index contributed by atoms with van der Waals surface area (Å²) in [6.45, 7) is 27.2. The molecule has 0 saturated carbocycles. The quantitative estimate of drug-likeness (QED) is 0.331. The molecule has 1 aromatic rings. The van der Waals surface area contributed by atoms with E-state index in [0.717, 1.165) is 5.56 Å². The molecular formula is C25H43NO3Si2. The van der Waals surface area contributed by atoms with Gasteiger partial charge in [-0.05, 0) is 54.5 Å². The highest BCUT2D eigenvalue weighted by molar-refractivity contribution is 6.74. The van der Waals surface area contributed by atoms with Crippen molar-refractivity contribution < 1.29 is 13.6 Å². The van der Waals surface area contributed by atoms with Crippen LogP contribution in [0.3, 0.4) is 0 Å². The fraction of sp³-hybridized carbons (Fsp3) is 0.640. The standard InChI is InChI=1S/C25H43NO3Si2/c1-12-21-22(29-31(10,11)25(5,6)7)20(18-27-30(8,9)24(2,3)4)26-23(28-21)19-16-14-13-15-17-19/h12-17,20-22H,1,18H2,2-11H3/t20-,21+,22+/m0/s1. The average molecular weight is 462 g/mol. The van der Waals surface area contributed by atoms with Crippen molar-refractivity contribution in [1.29, 1.82) is 0 Å². The van der Waals surface area contributed by atoms with Crippen molar-refractivity contribution in [2.75, 3.05) is 6.61 Å². The van der Waals surface area contributed by atoms with Gasteiger partial charge in [0.05, 0.1) is 6.61 Å². The molecule has 0 aromatic heterocycles. The molecule has 1 heterocycles. The molecule has 0 radical (unpaired) electrons. The summed E-state index contributed by atoms with van der Waals surface area (Å²) >= 11 is 0. The van der Waals surface area contributed by atoms with Crippen LogP contribution in [0.25, 0.3) is 0 Å². The van der Waals surface area contributed by atoms with Crippen LogP contribution >= 0.6 is 0 Å². The van der Waals surface area contributed by atoms with Crippen LogP contribution in [0.4, 0.5) is 0 Å². The van der Waals surface area contributed by atoms with Crippen LogP contribution in [0.15, 0.2) is 48.0 Å². The van der Waals surface area contributed by atoms with Crippen molar-refractivity contribution in [1.82, 2.24) is 0 Å². The van der Waals surface area contributed by atoms with Gasteiger partial charge in [-0.3, -0.25) is 0 Å². The number of ether oxygens (including phenoxy) is 1. The molecule has 31 heavy (non-hydrogen) atoms. The third-order valence-electron chi connectivity index (χ3n) is 7.14. The lowest BCUT2D eigenvalue weighted by Gasteiger charge is -2.45. The Balaban J connectivity index is 2.42. The van der Waals surface area contributed by atoms with Crippen molar-refractivity contribution in [3.8, 4) is 0 Å². The Morgan fingerprint density at radius 2 is 1.52 bits per heavy atom. The van der Waals surface area contributed by atoms with Crippen molar-refractivity contribution in [2.24, 2.45) is 4.99 Å². The highest BCUT2D eigenvalue weighted by Crippen LogP contribution is 2.40. The largest absolute Gasteiger partial charge is 0.467 e. The van der Waals surface area contributed by atoms with Gasteiger partial charge in [-0.25, -0.2) is 4.99 Å². The number of aliphatic imine (C=N–C) groups is 1. The van der Waals surface area contributed by atoms with E-state index < -0.39 is 16.6 Å². The third-order valence-corrected chi connectivity index (χ3v) is 16.1. The average Bonchev–Trinajstić information content (AvgIpc) is 2.65. The summed E-state index contributed by atoms with van der Waals surface area (Å²) in [5.41, 5.74) is 0.970. The van der Waals surface area contributed by atoms with E-state index >= 15 is 0 Å². The first-order valence-electron chi connectivity index (χ1n) is 11.3. The number of hydrogen-bond acceptors (Lipinski definition) is 4. The molecule has 3 atom stereocenters. The molecule has 0 N–H and O–H groups in total. The van der Waals surface area contributed by atoms with Crippen LogP contribution < -0.4 is 0 Å². The molecule has 6 heteroatoms. The molecule has 1 aliphatic rings. The Hall–Kier alpha value is -1.22. The van der Waals surface area contributed by atoms with Gasteiger partial charge in [0, 0.05) is 5.56 Å². The summed E-state index contributed by atoms with van der Waals surface area (Å²) in [5.74, 6) is 0.643. The van der Waals surface area contributed by atoms with Gasteiger partial charge in [0.15, 0.2) is 16.6 Å². The van der Waals surface area contributed by atoms with E-state index in [1.165, 1.54) is 0 Å². The van der Waals surface area contributed by atoms with E-state index in [0.29, 0.717) is 12.5 Å². The van der Waals surface area contributed by atoms with E-state index in [9.17, 15) is 0 Å². The minimum absolute atomic E-state index is 0.0903. The Kier molecular flexibility index (Phi) is 7.84. The highest BCUT2D eigenvalue weighted by Gasteiger charge is 2.46. The second-order valence-corrected chi connectivity index (χ2v) is 21.2. The third kappa shape index (κ3) is 6.18. The monoisotopic (exact) mass is 461 g/mol. The van der Waals surface area contributed by atoms with Crippen LogP contribution in [0.1, 0.15) is 47.1 Å². The first-order chi connectivity index (χ1) is 14.1. The van der Waals surface area contributed by atoms with Crippen LogP contribution in [0, 0.1) is 0 Å². The van der Waals surface area contributed by atoms with Gasteiger partial charge in [0.1, 0.15) is 18.2 Å². The topological polar surface area (TPSA) is 40.0 Å². The van der Waals surface area contributed by atoms with Crippen molar-refractivity contribution >= 4 is 22.5 Å². The Bertz CT molecular complexity index is 776. The number of nitrogens with zero attached hydrogens (tertiary/aromatic N) is 1. The first kappa shape index (κ1) is 26.0. The maximum absolute atomic E-state index is 6.87. The molecule has 174 valence electrons. The molecule has 0 saturated heterocycles. The Labute approximate surface area is 192 Å². The molecule has 0 unspecified atom stereocenters. The smallest absolute Gasteiger partial charge is 0.217 e. The highest BCUT2D eigenvalue weighted by atomic mass is 28.4. The predicted molar refractivity (Wildman–Crippen MR) is 137 cm³/mol. The summed E-state index contributed by atoms with van der Waals surface area (Å²) in [4.78, 5) is 5.02. The molecule has 0 fully saturated rings. The minimum Gasteiger partial charge on any atom is -0.467 e. The van der Waals surface area contributed by atoms with Crippen LogP contribution in [-0.4, -0.2) is 47.4 Å². The lowest BCUT2D eigenvalue weighted by atomic mass is 10.0. The number of benzene rings is 1. The molecule has 0 aliphatic carbocycles. The predicted octanol–water partition coefficient (Wildman–Crippen LogP) is 6.80. The maximum atomic E-state index is 6.87. The number of rotatable bonds is 7. The lowest BCUT2D eigenvalue weighted by molar-refractivity contribution is 0.0192. The fourth-order valence-corrected chi connectivity index (χ4v) is 5.23. The van der Waals surface area contributed by atoms with Gasteiger partial charge in [0.2, 0.25) is 5.90 Å². The fourth-order valence-electron chi connectivity index (χ4n) is 2.88. The van der Waals surface area contributed by atoms with Gasteiger partial charge in [0.25, 0.3) is 0 Å². The summed E-state index contributed by atoms with van der Waals surface area (Å²) in [7, 11) is -3.97. The zero-order valence-corrected chi connectivity index (χ0v) is 23.3. The summed E-state index contributed by atoms with van der Waals surface area (Å²) in [6, 6.07) is 9.92. The molecule has 1 aliphatic heterocycles. The second kappa shape index (κ2) is 9.34. The summed E-state index contributed by atoms with van der Waals surface area (Å²) < 4.78 is 19.8. The van der Waals surface area contributed by atoms with Crippen LogP contribution in [0.5, 0.6) is 0 Å². The van der Waals surface area contributed by atoms with Crippen molar-refractivity contribution in [2.45, 2.75) is 96.1 Å². The van der Waals surface area contributed by atoms with E-state index in [4.69, 9.17) is 18.6 Å². The molecular weight excluding hydrogens is 418 g/mol. The van der Waals surface area contributed by atoms with Crippen LogP contribution in [-0.2, 0) is 13.6 Å². The lowest BCUT2D eigenvalue weighted by Crippen LogP contribution is -2.55. The SMILES string of the molecule is C=C[C@H]1OC(c2ccccc2)=N[C@@H](CO[Si](C)(C)C(C)(C)C)[C@H]1O[Si](C)(C)C(C)(C)C. The van der Waals surface area contributed by atoms with Gasteiger partial charge in [-0.2, -0.15) is 0 Å². The Morgan fingerprint density at radius 3 is 2.00 bits per heavy atom. The van der Waals surface area contributed by atoms with Gasteiger partial charge in [-0.15, -0.1) is 0 Å². The van der Waals surface area contributed by atoms with E-state index in [1.807, 2.05) is 36.4 Å². The molecule has 1 aromatic carbocycles. The van der Waals surface area contributed by atoms with E-state index in [2.05, 4.69) is 74.3 Å². The molecule has 0 spiro atoms. The summed E-state index contributed by atoms with van der Waals surface area (Å²) in [5, 5.41) is 0.227. The van der Waals surface area contributed by atoms with Crippen molar-refractivity contribution in [3.05, 3.63) is 48.6 Å². The number of hydrogen-bond donors (Lipinski definition) is 0. The second-order valence-electron chi connectivity index (χ2n) is 11.6. The van der Waals surface area contributed by atoms with E-state index in [1.54, 1.807) is 0 Å². The summed E-state index contributed by atoms with van der Waals surface area (Å²) in [6.07, 6.45) is 1.37. The van der Waals surface area contributed by atoms with Crippen molar-refractivity contribution in [3.63, 3.8) is 0 Å². The maximum Gasteiger partial charge on any atom is 0.217 e. The zero-order valence-electron chi connectivity index (χ0n) is 21.3. The Morgan fingerprint density at radius 1 is 0.968 bits per heavy atom. The van der Waals surface area contributed by atoms with Gasteiger partial charge < -0.3 is 13.6 Å². The first-order valence-corrected chi connectivity index (χ1v) is 17.1. The molecule has 0 amide bonds. The van der Waals surface area contributed by atoms with Crippen LogP contribution in [0.2, 0.25) is 36.3 Å². The minimum atomic E-state index is -2.05. The molecule has 4 nitrogen and oxygen atoms in total.